The average molecular weight is 294 g/mol. The summed E-state index contributed by atoms with van der Waals surface area (Å²) < 4.78 is 2.47. The Labute approximate surface area is 95.2 Å². The maximum Gasteiger partial charge on any atom is 0.0201 e. The predicted molar refractivity (Wildman–Crippen MR) is 63.9 cm³/mol. The van der Waals surface area contributed by atoms with Gasteiger partial charge in [-0.15, -0.1) is 0 Å². The van der Waals surface area contributed by atoms with Crippen LogP contribution in [0.25, 0.3) is 0 Å². The predicted octanol–water partition coefficient (Wildman–Crippen LogP) is 2.00. The minimum Gasteiger partial charge on any atom is -0.306 e. The molecule has 2 saturated heterocycles. The first-order valence-electron chi connectivity index (χ1n) is 5.05. The summed E-state index contributed by atoms with van der Waals surface area (Å²) in [7, 11) is 2.25. The molecule has 2 atom stereocenters. The van der Waals surface area contributed by atoms with Gasteiger partial charge in [0.15, 0.2) is 0 Å². The quantitative estimate of drug-likeness (QED) is 0.498. The van der Waals surface area contributed by atoms with Crippen molar-refractivity contribution >= 4 is 22.9 Å². The molecule has 0 aromatic rings. The number of halogens is 1. The van der Waals surface area contributed by atoms with Crippen LogP contribution >= 0.6 is 22.9 Å². The van der Waals surface area contributed by atoms with Gasteiger partial charge >= 0.3 is 0 Å². The number of likely N-dealkylation sites (tertiary alicyclic amines) is 1. The number of fused-ring (bicyclic) bond motifs is 1. The Balaban J connectivity index is 2.24. The Hall–Kier alpha value is 0.650. The molecule has 0 aliphatic carbocycles. The smallest absolute Gasteiger partial charge is 0.0201 e. The molecule has 0 spiro atoms. The lowest BCUT2D eigenvalue weighted by atomic mass is 9.64. The van der Waals surface area contributed by atoms with Gasteiger partial charge in [-0.25, -0.2) is 3.11 Å². The summed E-state index contributed by atoms with van der Waals surface area (Å²) in [6, 6.07) is 0. The molecular weight excluding hydrogens is 275 g/mol. The van der Waals surface area contributed by atoms with E-state index in [2.05, 4.69) is 51.8 Å². The Morgan fingerprint density at radius 2 is 1.69 bits per heavy atom. The van der Waals surface area contributed by atoms with Crippen LogP contribution in [0.5, 0.6) is 0 Å². The SMILES string of the molecule is CN1CC[C@@]2(C)CN(I)C[C@@]2(C)C1. The van der Waals surface area contributed by atoms with Crippen LogP contribution < -0.4 is 0 Å². The summed E-state index contributed by atoms with van der Waals surface area (Å²) in [4.78, 5) is 2.48. The van der Waals surface area contributed by atoms with Crippen molar-refractivity contribution in [3.05, 3.63) is 0 Å². The van der Waals surface area contributed by atoms with Crippen LogP contribution in [-0.2, 0) is 0 Å². The molecule has 2 rings (SSSR count). The fraction of sp³-hybridized carbons (Fsp3) is 1.00. The maximum absolute atomic E-state index is 2.48. The molecule has 2 nitrogen and oxygen atoms in total. The molecule has 0 aromatic carbocycles. The number of piperidine rings is 1. The van der Waals surface area contributed by atoms with Crippen molar-refractivity contribution < 1.29 is 0 Å². The molecular formula is C10H19IN2. The molecule has 0 saturated carbocycles. The van der Waals surface area contributed by atoms with Crippen LogP contribution in [0.15, 0.2) is 0 Å². The Kier molecular flexibility index (Phi) is 2.40. The molecule has 13 heavy (non-hydrogen) atoms. The monoisotopic (exact) mass is 294 g/mol. The van der Waals surface area contributed by atoms with E-state index in [0.717, 1.165) is 0 Å². The number of hydrogen-bond acceptors (Lipinski definition) is 2. The fourth-order valence-corrected chi connectivity index (χ4v) is 4.43. The van der Waals surface area contributed by atoms with Crippen LogP contribution in [0.1, 0.15) is 20.3 Å². The lowest BCUT2D eigenvalue weighted by Crippen LogP contribution is -2.50. The fourth-order valence-electron chi connectivity index (χ4n) is 2.93. The van der Waals surface area contributed by atoms with Crippen molar-refractivity contribution in [3.8, 4) is 0 Å². The van der Waals surface area contributed by atoms with Gasteiger partial charge in [0.1, 0.15) is 0 Å². The highest BCUT2D eigenvalue weighted by atomic mass is 127. The van der Waals surface area contributed by atoms with Gasteiger partial charge < -0.3 is 4.90 Å². The van der Waals surface area contributed by atoms with Crippen LogP contribution in [-0.4, -0.2) is 41.2 Å². The van der Waals surface area contributed by atoms with E-state index in [0.29, 0.717) is 10.8 Å². The second-order valence-corrected chi connectivity index (χ2v) is 6.75. The molecule has 2 fully saturated rings. The van der Waals surface area contributed by atoms with E-state index in [-0.39, 0.29) is 0 Å². The summed E-state index contributed by atoms with van der Waals surface area (Å²) >= 11 is 2.48. The van der Waals surface area contributed by atoms with Crippen molar-refractivity contribution in [2.45, 2.75) is 20.3 Å². The molecule has 0 unspecified atom stereocenters. The van der Waals surface area contributed by atoms with Crippen LogP contribution in [0, 0.1) is 10.8 Å². The maximum atomic E-state index is 2.48. The van der Waals surface area contributed by atoms with Gasteiger partial charge in [0, 0.05) is 47.9 Å². The van der Waals surface area contributed by atoms with Gasteiger partial charge in [-0.05, 0) is 25.4 Å². The molecule has 0 radical (unpaired) electrons. The summed E-state index contributed by atoms with van der Waals surface area (Å²) in [5, 5.41) is 0. The van der Waals surface area contributed by atoms with E-state index >= 15 is 0 Å². The van der Waals surface area contributed by atoms with E-state index in [1.54, 1.807) is 0 Å². The van der Waals surface area contributed by atoms with Crippen molar-refractivity contribution in [3.63, 3.8) is 0 Å². The molecule has 2 aliphatic rings. The third-order valence-electron chi connectivity index (χ3n) is 4.16. The van der Waals surface area contributed by atoms with Crippen molar-refractivity contribution in [2.24, 2.45) is 10.8 Å². The number of hydrogen-bond donors (Lipinski definition) is 0. The van der Waals surface area contributed by atoms with Crippen molar-refractivity contribution in [1.82, 2.24) is 8.01 Å². The zero-order chi connectivity index (χ0) is 9.69. The summed E-state index contributed by atoms with van der Waals surface area (Å²) in [6.07, 6.45) is 1.36. The molecule has 76 valence electrons. The highest BCUT2D eigenvalue weighted by molar-refractivity contribution is 14.1. The van der Waals surface area contributed by atoms with Crippen LogP contribution in [0.2, 0.25) is 0 Å². The van der Waals surface area contributed by atoms with E-state index in [1.807, 2.05) is 0 Å². The summed E-state index contributed by atoms with van der Waals surface area (Å²) in [6.45, 7) is 10.0. The third kappa shape index (κ3) is 1.53. The van der Waals surface area contributed by atoms with E-state index in [4.69, 9.17) is 0 Å². The van der Waals surface area contributed by atoms with Gasteiger partial charge in [0.05, 0.1) is 0 Å². The molecule has 0 bridgehead atoms. The van der Waals surface area contributed by atoms with Crippen molar-refractivity contribution in [2.75, 3.05) is 33.2 Å². The summed E-state index contributed by atoms with van der Waals surface area (Å²) in [5.41, 5.74) is 1.07. The van der Waals surface area contributed by atoms with Gasteiger partial charge in [0.2, 0.25) is 0 Å². The second-order valence-electron chi connectivity index (χ2n) is 5.39. The van der Waals surface area contributed by atoms with Crippen LogP contribution in [0.3, 0.4) is 0 Å². The Morgan fingerprint density at radius 1 is 1.08 bits per heavy atom. The lowest BCUT2D eigenvalue weighted by Gasteiger charge is -2.47. The average Bonchev–Trinajstić information content (AvgIpc) is 2.19. The first-order chi connectivity index (χ1) is 5.95. The first-order valence-corrected chi connectivity index (χ1v) is 6.01. The van der Waals surface area contributed by atoms with Gasteiger partial charge in [-0.1, -0.05) is 13.8 Å². The number of rotatable bonds is 0. The van der Waals surface area contributed by atoms with Crippen LogP contribution in [0.4, 0.5) is 0 Å². The standard InChI is InChI=1S/C10H19IN2/c1-9-4-5-12(3)6-10(9,2)8-13(11)7-9/h4-8H2,1-3H3/t9-,10+/m0/s1. The van der Waals surface area contributed by atoms with Gasteiger partial charge in [-0.3, -0.25) is 0 Å². The highest BCUT2D eigenvalue weighted by Gasteiger charge is 2.53. The van der Waals surface area contributed by atoms with E-state index < -0.39 is 0 Å². The molecule has 0 aromatic heterocycles. The summed E-state index contributed by atoms with van der Waals surface area (Å²) in [5.74, 6) is 0. The zero-order valence-corrected chi connectivity index (χ0v) is 11.0. The Morgan fingerprint density at radius 3 is 2.38 bits per heavy atom. The number of nitrogens with zero attached hydrogens (tertiary/aromatic N) is 2. The largest absolute Gasteiger partial charge is 0.306 e. The topological polar surface area (TPSA) is 6.48 Å². The highest BCUT2D eigenvalue weighted by Crippen LogP contribution is 2.51. The molecule has 0 amide bonds. The minimum absolute atomic E-state index is 0.515. The molecule has 0 N–H and O–H groups in total. The minimum atomic E-state index is 0.515. The molecule has 2 heterocycles. The zero-order valence-electron chi connectivity index (χ0n) is 8.81. The van der Waals surface area contributed by atoms with Gasteiger partial charge in [0.25, 0.3) is 0 Å². The second kappa shape index (κ2) is 3.07. The molecule has 2 aliphatic heterocycles. The first kappa shape index (κ1) is 10.2. The van der Waals surface area contributed by atoms with Crippen molar-refractivity contribution in [1.29, 1.82) is 0 Å². The van der Waals surface area contributed by atoms with Gasteiger partial charge in [-0.2, -0.15) is 0 Å². The van der Waals surface area contributed by atoms with E-state index in [9.17, 15) is 0 Å². The normalized spacial score (nSPS) is 48.0. The Bertz CT molecular complexity index is 221. The third-order valence-corrected chi connectivity index (χ3v) is 4.84. The van der Waals surface area contributed by atoms with E-state index in [1.165, 1.54) is 32.6 Å². The molecule has 3 heteroatoms. The lowest BCUT2D eigenvalue weighted by molar-refractivity contribution is 0.0234.